The summed E-state index contributed by atoms with van der Waals surface area (Å²) in [7, 11) is 0. The first-order chi connectivity index (χ1) is 9.79. The molecule has 0 spiro atoms. The largest absolute Gasteiger partial charge is 0.309 e. The molecule has 1 aliphatic carbocycles. The number of hydrogen-bond donors (Lipinski definition) is 1. The van der Waals surface area contributed by atoms with E-state index in [-0.39, 0.29) is 0 Å². The average molecular weight is 272 g/mol. The molecule has 20 heavy (non-hydrogen) atoms. The van der Waals surface area contributed by atoms with Crippen molar-refractivity contribution in [2.45, 2.75) is 51.6 Å². The Morgan fingerprint density at radius 3 is 2.85 bits per heavy atom. The normalized spacial score (nSPS) is 30.4. The summed E-state index contributed by atoms with van der Waals surface area (Å²) in [5.74, 6) is 0.874. The topological polar surface area (TPSA) is 15.3 Å². The second-order valence-corrected chi connectivity index (χ2v) is 6.63. The van der Waals surface area contributed by atoms with Crippen molar-refractivity contribution in [2.24, 2.45) is 5.92 Å². The highest BCUT2D eigenvalue weighted by atomic mass is 15.2. The van der Waals surface area contributed by atoms with Gasteiger partial charge in [-0.25, -0.2) is 0 Å². The minimum absolute atomic E-state index is 0.533. The fourth-order valence-electron chi connectivity index (χ4n) is 3.95. The molecule has 0 radical (unpaired) electrons. The van der Waals surface area contributed by atoms with Crippen LogP contribution in [0.5, 0.6) is 0 Å². The highest BCUT2D eigenvalue weighted by Gasteiger charge is 2.35. The molecule has 0 aromatic heterocycles. The average Bonchev–Trinajstić information content (AvgIpc) is 2.91. The van der Waals surface area contributed by atoms with Crippen molar-refractivity contribution in [2.75, 3.05) is 19.6 Å². The van der Waals surface area contributed by atoms with E-state index in [2.05, 4.69) is 48.3 Å². The zero-order valence-electron chi connectivity index (χ0n) is 12.9. The Kier molecular flexibility index (Phi) is 4.42. The molecule has 1 fully saturated rings. The molecule has 3 rings (SSSR count). The molecular formula is C18H28N2. The van der Waals surface area contributed by atoms with Crippen LogP contribution >= 0.6 is 0 Å². The molecule has 0 bridgehead atoms. The third-order valence-corrected chi connectivity index (χ3v) is 5.02. The SMILES string of the molecule is CCCNC1c2ccccc2CCC1N1CCC(C)C1. The molecule has 1 saturated heterocycles. The van der Waals surface area contributed by atoms with Crippen LogP contribution in [0.15, 0.2) is 24.3 Å². The zero-order chi connectivity index (χ0) is 13.9. The Morgan fingerprint density at radius 1 is 1.25 bits per heavy atom. The Morgan fingerprint density at radius 2 is 2.10 bits per heavy atom. The molecule has 2 aliphatic rings. The van der Waals surface area contributed by atoms with Gasteiger partial charge in [0.15, 0.2) is 0 Å². The van der Waals surface area contributed by atoms with Crippen molar-refractivity contribution < 1.29 is 0 Å². The third kappa shape index (κ3) is 2.77. The standard InChI is InChI=1S/C18H28N2/c1-3-11-19-18-16-7-5-4-6-15(16)8-9-17(18)20-12-10-14(2)13-20/h4-7,14,17-19H,3,8-13H2,1-2H3. The lowest BCUT2D eigenvalue weighted by Gasteiger charge is -2.40. The Labute approximate surface area is 123 Å². The van der Waals surface area contributed by atoms with Crippen molar-refractivity contribution in [3.63, 3.8) is 0 Å². The highest BCUT2D eigenvalue weighted by Crippen LogP contribution is 2.35. The van der Waals surface area contributed by atoms with Gasteiger partial charge in [-0.3, -0.25) is 4.90 Å². The summed E-state index contributed by atoms with van der Waals surface area (Å²) in [6.07, 6.45) is 5.14. The van der Waals surface area contributed by atoms with E-state index in [1.807, 2.05) is 0 Å². The molecule has 1 N–H and O–H groups in total. The Hall–Kier alpha value is -0.860. The van der Waals surface area contributed by atoms with E-state index in [0.717, 1.165) is 12.5 Å². The lowest BCUT2D eigenvalue weighted by atomic mass is 9.83. The Balaban J connectivity index is 1.83. The van der Waals surface area contributed by atoms with E-state index < -0.39 is 0 Å². The van der Waals surface area contributed by atoms with Gasteiger partial charge in [-0.05, 0) is 55.8 Å². The fourth-order valence-corrected chi connectivity index (χ4v) is 3.95. The van der Waals surface area contributed by atoms with E-state index in [4.69, 9.17) is 0 Å². The summed E-state index contributed by atoms with van der Waals surface area (Å²) < 4.78 is 0. The smallest absolute Gasteiger partial charge is 0.0481 e. The minimum atomic E-state index is 0.533. The van der Waals surface area contributed by atoms with Gasteiger partial charge in [0.25, 0.3) is 0 Å². The van der Waals surface area contributed by atoms with Crippen LogP contribution in [-0.4, -0.2) is 30.6 Å². The highest BCUT2D eigenvalue weighted by molar-refractivity contribution is 5.34. The number of hydrogen-bond acceptors (Lipinski definition) is 2. The summed E-state index contributed by atoms with van der Waals surface area (Å²) in [6, 6.07) is 10.3. The molecule has 1 aromatic rings. The molecule has 3 atom stereocenters. The molecule has 2 heteroatoms. The van der Waals surface area contributed by atoms with Gasteiger partial charge >= 0.3 is 0 Å². The first-order valence-electron chi connectivity index (χ1n) is 8.34. The maximum Gasteiger partial charge on any atom is 0.0481 e. The van der Waals surface area contributed by atoms with Crippen LogP contribution in [-0.2, 0) is 6.42 Å². The Bertz CT molecular complexity index is 443. The second-order valence-electron chi connectivity index (χ2n) is 6.63. The number of likely N-dealkylation sites (tertiary alicyclic amines) is 1. The molecule has 3 unspecified atom stereocenters. The summed E-state index contributed by atoms with van der Waals surface area (Å²) in [6.45, 7) is 8.36. The summed E-state index contributed by atoms with van der Waals surface area (Å²) in [5.41, 5.74) is 3.11. The van der Waals surface area contributed by atoms with Gasteiger partial charge in [-0.15, -0.1) is 0 Å². The number of benzene rings is 1. The third-order valence-electron chi connectivity index (χ3n) is 5.02. The summed E-state index contributed by atoms with van der Waals surface area (Å²) in [5, 5.41) is 3.83. The van der Waals surface area contributed by atoms with Gasteiger partial charge in [0, 0.05) is 18.6 Å². The molecular weight excluding hydrogens is 244 g/mol. The number of fused-ring (bicyclic) bond motifs is 1. The van der Waals surface area contributed by atoms with Gasteiger partial charge in [-0.1, -0.05) is 38.1 Å². The van der Waals surface area contributed by atoms with E-state index in [1.54, 1.807) is 11.1 Å². The van der Waals surface area contributed by atoms with E-state index >= 15 is 0 Å². The van der Waals surface area contributed by atoms with E-state index in [1.165, 1.54) is 38.8 Å². The maximum absolute atomic E-state index is 3.83. The lowest BCUT2D eigenvalue weighted by Crippen LogP contribution is -2.46. The van der Waals surface area contributed by atoms with Crippen molar-refractivity contribution in [1.29, 1.82) is 0 Å². The van der Waals surface area contributed by atoms with Crippen LogP contribution < -0.4 is 5.32 Å². The van der Waals surface area contributed by atoms with Crippen LogP contribution in [0.25, 0.3) is 0 Å². The predicted molar refractivity (Wildman–Crippen MR) is 84.9 cm³/mol. The van der Waals surface area contributed by atoms with Crippen LogP contribution in [0.3, 0.4) is 0 Å². The number of nitrogens with one attached hydrogen (secondary N) is 1. The van der Waals surface area contributed by atoms with Crippen LogP contribution in [0.1, 0.15) is 50.3 Å². The fraction of sp³-hybridized carbons (Fsp3) is 0.667. The van der Waals surface area contributed by atoms with Gasteiger partial charge in [0.2, 0.25) is 0 Å². The monoisotopic (exact) mass is 272 g/mol. The quantitative estimate of drug-likeness (QED) is 0.904. The van der Waals surface area contributed by atoms with Crippen molar-refractivity contribution in [3.8, 4) is 0 Å². The number of aryl methyl sites for hydroxylation is 1. The molecule has 0 saturated carbocycles. The zero-order valence-corrected chi connectivity index (χ0v) is 12.9. The van der Waals surface area contributed by atoms with Crippen LogP contribution in [0, 0.1) is 5.92 Å². The molecule has 1 aliphatic heterocycles. The lowest BCUT2D eigenvalue weighted by molar-refractivity contribution is 0.167. The van der Waals surface area contributed by atoms with Crippen molar-refractivity contribution in [3.05, 3.63) is 35.4 Å². The predicted octanol–water partition coefficient (Wildman–Crippen LogP) is 3.38. The minimum Gasteiger partial charge on any atom is -0.309 e. The number of rotatable bonds is 4. The van der Waals surface area contributed by atoms with Gasteiger partial charge in [0.1, 0.15) is 0 Å². The van der Waals surface area contributed by atoms with Gasteiger partial charge < -0.3 is 5.32 Å². The molecule has 1 aromatic carbocycles. The molecule has 1 heterocycles. The van der Waals surface area contributed by atoms with Crippen molar-refractivity contribution >= 4 is 0 Å². The summed E-state index contributed by atoms with van der Waals surface area (Å²) in [4.78, 5) is 2.74. The molecule has 2 nitrogen and oxygen atoms in total. The molecule has 110 valence electrons. The first-order valence-corrected chi connectivity index (χ1v) is 8.34. The van der Waals surface area contributed by atoms with Crippen LogP contribution in [0.2, 0.25) is 0 Å². The van der Waals surface area contributed by atoms with E-state index in [0.29, 0.717) is 12.1 Å². The molecule has 0 amide bonds. The van der Waals surface area contributed by atoms with Crippen molar-refractivity contribution in [1.82, 2.24) is 10.2 Å². The van der Waals surface area contributed by atoms with E-state index in [9.17, 15) is 0 Å². The van der Waals surface area contributed by atoms with Gasteiger partial charge in [-0.2, -0.15) is 0 Å². The van der Waals surface area contributed by atoms with Gasteiger partial charge in [0.05, 0.1) is 0 Å². The first kappa shape index (κ1) is 14.1. The number of nitrogens with zero attached hydrogens (tertiary/aromatic N) is 1. The second kappa shape index (κ2) is 6.28. The van der Waals surface area contributed by atoms with Crippen LogP contribution in [0.4, 0.5) is 0 Å². The maximum atomic E-state index is 3.83. The summed E-state index contributed by atoms with van der Waals surface area (Å²) >= 11 is 0.